The molecule has 1 heterocycles. The summed E-state index contributed by atoms with van der Waals surface area (Å²) < 4.78 is 34.0. The SMILES string of the molecule is CNC(=O)c1ccc(N2CC(CS(=O)(=O)F)CC2=O)cc1. The average Bonchev–Trinajstić information content (AvgIpc) is 2.76. The van der Waals surface area contributed by atoms with E-state index in [1.165, 1.54) is 11.9 Å². The molecule has 1 saturated heterocycles. The van der Waals surface area contributed by atoms with Crippen molar-refractivity contribution in [3.8, 4) is 0 Å². The molecule has 114 valence electrons. The molecule has 0 bridgehead atoms. The lowest BCUT2D eigenvalue weighted by Gasteiger charge is -2.16. The molecule has 1 aromatic carbocycles. The zero-order chi connectivity index (χ0) is 15.6. The minimum Gasteiger partial charge on any atom is -0.355 e. The van der Waals surface area contributed by atoms with Crippen molar-refractivity contribution in [3.63, 3.8) is 0 Å². The molecule has 2 rings (SSSR count). The molecular weight excluding hydrogens is 299 g/mol. The number of carbonyl (C=O) groups excluding carboxylic acids is 2. The summed E-state index contributed by atoms with van der Waals surface area (Å²) in [5.41, 5.74) is 1.02. The maximum absolute atomic E-state index is 12.7. The molecule has 0 saturated carbocycles. The van der Waals surface area contributed by atoms with Crippen LogP contribution in [0.15, 0.2) is 24.3 Å². The summed E-state index contributed by atoms with van der Waals surface area (Å²) in [7, 11) is -3.07. The van der Waals surface area contributed by atoms with Crippen molar-refractivity contribution in [3.05, 3.63) is 29.8 Å². The van der Waals surface area contributed by atoms with Gasteiger partial charge in [0.2, 0.25) is 5.91 Å². The molecule has 1 aliphatic rings. The van der Waals surface area contributed by atoms with Crippen molar-refractivity contribution in [2.24, 2.45) is 5.92 Å². The summed E-state index contributed by atoms with van der Waals surface area (Å²) in [6.45, 7) is 0.154. The van der Waals surface area contributed by atoms with E-state index in [1.807, 2.05) is 0 Å². The van der Waals surface area contributed by atoms with Gasteiger partial charge in [-0.3, -0.25) is 9.59 Å². The summed E-state index contributed by atoms with van der Waals surface area (Å²) in [4.78, 5) is 24.7. The summed E-state index contributed by atoms with van der Waals surface area (Å²) >= 11 is 0. The Morgan fingerprint density at radius 1 is 1.38 bits per heavy atom. The summed E-state index contributed by atoms with van der Waals surface area (Å²) in [5.74, 6) is -1.69. The van der Waals surface area contributed by atoms with Crippen LogP contribution in [0.25, 0.3) is 0 Å². The van der Waals surface area contributed by atoms with E-state index in [2.05, 4.69) is 5.32 Å². The Labute approximate surface area is 122 Å². The molecule has 2 amide bonds. The van der Waals surface area contributed by atoms with Gasteiger partial charge < -0.3 is 10.2 Å². The number of carbonyl (C=O) groups is 2. The number of nitrogens with one attached hydrogen (secondary N) is 1. The van der Waals surface area contributed by atoms with Gasteiger partial charge in [0.1, 0.15) is 0 Å². The van der Waals surface area contributed by atoms with Crippen LogP contribution < -0.4 is 10.2 Å². The second-order valence-electron chi connectivity index (χ2n) is 4.91. The van der Waals surface area contributed by atoms with Crippen LogP contribution in [-0.2, 0) is 15.0 Å². The van der Waals surface area contributed by atoms with E-state index in [0.29, 0.717) is 11.3 Å². The topological polar surface area (TPSA) is 83.6 Å². The van der Waals surface area contributed by atoms with E-state index in [4.69, 9.17) is 0 Å². The third-order valence-electron chi connectivity index (χ3n) is 3.31. The third kappa shape index (κ3) is 3.78. The normalized spacial score (nSPS) is 18.9. The zero-order valence-electron chi connectivity index (χ0n) is 11.4. The van der Waals surface area contributed by atoms with Gasteiger partial charge in [0.05, 0.1) is 5.75 Å². The predicted molar refractivity (Wildman–Crippen MR) is 75.2 cm³/mol. The number of halogens is 1. The van der Waals surface area contributed by atoms with Crippen molar-refractivity contribution >= 4 is 27.7 Å². The number of benzene rings is 1. The second-order valence-corrected chi connectivity index (χ2v) is 6.32. The van der Waals surface area contributed by atoms with Gasteiger partial charge in [-0.25, -0.2) is 0 Å². The maximum Gasteiger partial charge on any atom is 0.302 e. The minimum atomic E-state index is -4.59. The van der Waals surface area contributed by atoms with Crippen molar-refractivity contribution in [2.45, 2.75) is 6.42 Å². The molecule has 0 radical (unpaired) electrons. The highest BCUT2D eigenvalue weighted by Gasteiger charge is 2.33. The van der Waals surface area contributed by atoms with Gasteiger partial charge in [-0.15, -0.1) is 3.89 Å². The molecular formula is C13H15FN2O4S. The smallest absolute Gasteiger partial charge is 0.302 e. The predicted octanol–water partition coefficient (Wildman–Crippen LogP) is 0.698. The number of nitrogens with zero attached hydrogens (tertiary/aromatic N) is 1. The lowest BCUT2D eigenvalue weighted by Crippen LogP contribution is -2.25. The highest BCUT2D eigenvalue weighted by Crippen LogP contribution is 2.26. The minimum absolute atomic E-state index is 0.000345. The van der Waals surface area contributed by atoms with Crippen LogP contribution in [-0.4, -0.2) is 39.6 Å². The second kappa shape index (κ2) is 5.80. The summed E-state index contributed by atoms with van der Waals surface area (Å²) in [6.07, 6.45) is 0.000345. The Bertz CT molecular complexity index is 657. The molecule has 1 aliphatic heterocycles. The van der Waals surface area contributed by atoms with Crippen molar-refractivity contribution < 1.29 is 21.9 Å². The molecule has 1 fully saturated rings. The van der Waals surface area contributed by atoms with Crippen LogP contribution >= 0.6 is 0 Å². The fourth-order valence-electron chi connectivity index (χ4n) is 2.36. The summed E-state index contributed by atoms with van der Waals surface area (Å²) in [5, 5.41) is 2.48. The van der Waals surface area contributed by atoms with Gasteiger partial charge in [0, 0.05) is 37.2 Å². The Balaban J connectivity index is 2.12. The van der Waals surface area contributed by atoms with Crippen molar-refractivity contribution in [2.75, 3.05) is 24.2 Å². The Morgan fingerprint density at radius 3 is 2.52 bits per heavy atom. The molecule has 21 heavy (non-hydrogen) atoms. The first-order valence-electron chi connectivity index (χ1n) is 6.35. The van der Waals surface area contributed by atoms with Crippen molar-refractivity contribution in [1.82, 2.24) is 5.32 Å². The van der Waals surface area contributed by atoms with Crippen LogP contribution in [0, 0.1) is 5.92 Å². The van der Waals surface area contributed by atoms with Gasteiger partial charge in [-0.2, -0.15) is 8.42 Å². The van der Waals surface area contributed by atoms with E-state index >= 15 is 0 Å². The lowest BCUT2D eigenvalue weighted by atomic mass is 10.1. The molecule has 0 aromatic heterocycles. The van der Waals surface area contributed by atoms with Crippen LogP contribution in [0.5, 0.6) is 0 Å². The molecule has 1 N–H and O–H groups in total. The van der Waals surface area contributed by atoms with Gasteiger partial charge in [-0.05, 0) is 24.3 Å². The highest BCUT2D eigenvalue weighted by molar-refractivity contribution is 7.86. The van der Waals surface area contributed by atoms with Crippen LogP contribution in [0.1, 0.15) is 16.8 Å². The molecule has 0 aliphatic carbocycles. The van der Waals surface area contributed by atoms with Gasteiger partial charge in [-0.1, -0.05) is 0 Å². The van der Waals surface area contributed by atoms with Gasteiger partial charge in [0.25, 0.3) is 5.91 Å². The van der Waals surface area contributed by atoms with E-state index in [-0.39, 0.29) is 24.8 Å². The quantitative estimate of drug-likeness (QED) is 0.829. The Morgan fingerprint density at radius 2 is 2.00 bits per heavy atom. The fraction of sp³-hybridized carbons (Fsp3) is 0.385. The van der Waals surface area contributed by atoms with Gasteiger partial charge >= 0.3 is 10.2 Å². The number of hydrogen-bond donors (Lipinski definition) is 1. The maximum atomic E-state index is 12.7. The fourth-order valence-corrected chi connectivity index (χ4v) is 3.15. The molecule has 1 aromatic rings. The lowest BCUT2D eigenvalue weighted by molar-refractivity contribution is -0.117. The number of hydrogen-bond acceptors (Lipinski definition) is 4. The number of amides is 2. The van der Waals surface area contributed by atoms with Crippen molar-refractivity contribution in [1.29, 1.82) is 0 Å². The Hall–Kier alpha value is -1.96. The number of anilines is 1. The molecule has 1 atom stereocenters. The molecule has 1 unspecified atom stereocenters. The van der Waals surface area contributed by atoms with E-state index < -0.39 is 21.9 Å². The number of rotatable bonds is 4. The van der Waals surface area contributed by atoms with Gasteiger partial charge in [0.15, 0.2) is 0 Å². The average molecular weight is 314 g/mol. The molecule has 0 spiro atoms. The first-order chi connectivity index (χ1) is 9.80. The van der Waals surface area contributed by atoms with E-state index in [9.17, 15) is 21.9 Å². The Kier molecular flexibility index (Phi) is 4.26. The standard InChI is InChI=1S/C13H15FN2O4S/c1-15-13(18)10-2-4-11(5-3-10)16-7-9(6-12(16)17)8-21(14,19)20/h2-5,9H,6-8H2,1H3,(H,15,18). The first-order valence-corrected chi connectivity index (χ1v) is 7.90. The summed E-state index contributed by atoms with van der Waals surface area (Å²) in [6, 6.07) is 6.35. The van der Waals surface area contributed by atoms with E-state index in [1.54, 1.807) is 24.3 Å². The zero-order valence-corrected chi connectivity index (χ0v) is 12.2. The largest absolute Gasteiger partial charge is 0.355 e. The van der Waals surface area contributed by atoms with Crippen LogP contribution in [0.3, 0.4) is 0 Å². The molecule has 8 heteroatoms. The molecule has 6 nitrogen and oxygen atoms in total. The van der Waals surface area contributed by atoms with Crippen LogP contribution in [0.4, 0.5) is 9.57 Å². The third-order valence-corrected chi connectivity index (χ3v) is 4.18. The highest BCUT2D eigenvalue weighted by atomic mass is 32.3. The first kappa shape index (κ1) is 15.4. The monoisotopic (exact) mass is 314 g/mol. The van der Waals surface area contributed by atoms with Crippen LogP contribution in [0.2, 0.25) is 0 Å². The van der Waals surface area contributed by atoms with E-state index in [0.717, 1.165) is 0 Å².